The van der Waals surface area contributed by atoms with Crippen LogP contribution in [0.3, 0.4) is 0 Å². The lowest BCUT2D eigenvalue weighted by Crippen LogP contribution is -2.08. The van der Waals surface area contributed by atoms with Gasteiger partial charge in [0.25, 0.3) is 0 Å². The molecule has 0 aliphatic heterocycles. The molecule has 0 spiro atoms. The molecule has 108 valence electrons. The molecule has 0 bridgehead atoms. The molecule has 2 rings (SSSR count). The van der Waals surface area contributed by atoms with Gasteiger partial charge in [-0.2, -0.15) is 0 Å². The second-order valence-corrected chi connectivity index (χ2v) is 5.78. The highest BCUT2D eigenvalue weighted by Gasteiger charge is 2.17. The third-order valence-electron chi connectivity index (χ3n) is 2.73. The molecule has 0 aliphatic carbocycles. The Kier molecular flexibility index (Phi) is 4.94. The van der Waals surface area contributed by atoms with Crippen molar-refractivity contribution < 1.29 is 0 Å². The lowest BCUT2D eigenvalue weighted by molar-refractivity contribution is 0.798. The lowest BCUT2D eigenvalue weighted by atomic mass is 10.1. The van der Waals surface area contributed by atoms with Crippen molar-refractivity contribution in [3.05, 3.63) is 17.7 Å². The zero-order chi connectivity index (χ0) is 14.5. The van der Waals surface area contributed by atoms with Crippen LogP contribution < -0.4 is 5.32 Å². The normalized spacial score (nSPS) is 11.1. The maximum Gasteiger partial charge on any atom is 0.214 e. The summed E-state index contributed by atoms with van der Waals surface area (Å²) in [6.45, 7) is 9.21. The van der Waals surface area contributed by atoms with Gasteiger partial charge in [-0.1, -0.05) is 20.8 Å². The van der Waals surface area contributed by atoms with Crippen molar-refractivity contribution in [2.24, 2.45) is 0 Å². The average molecular weight is 292 g/mol. The minimum Gasteiger partial charge on any atom is -0.370 e. The number of aryl methyl sites for hydroxylation is 1. The summed E-state index contributed by atoms with van der Waals surface area (Å²) >= 11 is 1.47. The Hall–Kier alpha value is -1.63. The van der Waals surface area contributed by atoms with Gasteiger partial charge in [0.15, 0.2) is 0 Å². The van der Waals surface area contributed by atoms with Crippen LogP contribution >= 0.6 is 11.8 Å². The molecule has 2 aromatic rings. The standard InChI is InChI=1S/C13H20N6S/c1-5-6-14-11-10(8(2)3)12(16-7-15-11)20-13-17-9(4)18-19-13/h7-8H,5-6H2,1-4H3,(H,14,15,16)(H,17,18,19). The Balaban J connectivity index is 2.31. The average Bonchev–Trinajstić information content (AvgIpc) is 2.81. The van der Waals surface area contributed by atoms with Crippen LogP contribution in [0.5, 0.6) is 0 Å². The van der Waals surface area contributed by atoms with Gasteiger partial charge < -0.3 is 5.32 Å². The first-order valence-corrected chi connectivity index (χ1v) is 7.59. The largest absolute Gasteiger partial charge is 0.370 e. The number of hydrogen-bond acceptors (Lipinski definition) is 6. The number of H-pyrrole nitrogens is 1. The van der Waals surface area contributed by atoms with E-state index >= 15 is 0 Å². The van der Waals surface area contributed by atoms with Gasteiger partial charge in [0.1, 0.15) is 23.0 Å². The van der Waals surface area contributed by atoms with Gasteiger partial charge in [-0.05, 0) is 31.0 Å². The molecule has 0 amide bonds. The fourth-order valence-electron chi connectivity index (χ4n) is 1.82. The van der Waals surface area contributed by atoms with E-state index in [1.165, 1.54) is 11.8 Å². The van der Waals surface area contributed by atoms with E-state index in [-0.39, 0.29) is 0 Å². The van der Waals surface area contributed by atoms with E-state index in [4.69, 9.17) is 0 Å². The molecule has 20 heavy (non-hydrogen) atoms. The summed E-state index contributed by atoms with van der Waals surface area (Å²) < 4.78 is 0. The Morgan fingerprint density at radius 2 is 2.15 bits per heavy atom. The van der Waals surface area contributed by atoms with E-state index in [1.54, 1.807) is 6.33 Å². The molecule has 7 heteroatoms. The van der Waals surface area contributed by atoms with Crippen LogP contribution in [0.1, 0.15) is 44.5 Å². The minimum absolute atomic E-state index is 0.332. The zero-order valence-electron chi connectivity index (χ0n) is 12.3. The second kappa shape index (κ2) is 6.69. The number of hydrogen-bond donors (Lipinski definition) is 2. The molecule has 0 unspecified atom stereocenters. The molecule has 0 aliphatic rings. The topological polar surface area (TPSA) is 79.4 Å². The molecular formula is C13H20N6S. The number of anilines is 1. The predicted octanol–water partition coefficient (Wildman–Crippen LogP) is 3.00. The quantitative estimate of drug-likeness (QED) is 0.797. The van der Waals surface area contributed by atoms with E-state index in [0.29, 0.717) is 11.1 Å². The molecule has 0 aromatic carbocycles. The number of aromatic nitrogens is 5. The fraction of sp³-hybridized carbons (Fsp3) is 0.538. The third-order valence-corrected chi connectivity index (χ3v) is 3.62. The first-order chi connectivity index (χ1) is 9.61. The van der Waals surface area contributed by atoms with Gasteiger partial charge in [-0.3, -0.25) is 5.10 Å². The Morgan fingerprint density at radius 1 is 1.35 bits per heavy atom. The Labute approximate surface area is 123 Å². The van der Waals surface area contributed by atoms with Gasteiger partial charge in [0.05, 0.1) is 0 Å². The highest BCUT2D eigenvalue weighted by molar-refractivity contribution is 7.99. The summed E-state index contributed by atoms with van der Waals surface area (Å²) in [6.07, 6.45) is 2.65. The molecule has 0 atom stereocenters. The smallest absolute Gasteiger partial charge is 0.214 e. The number of rotatable bonds is 6. The Morgan fingerprint density at radius 3 is 2.75 bits per heavy atom. The summed E-state index contributed by atoms with van der Waals surface area (Å²) in [7, 11) is 0. The van der Waals surface area contributed by atoms with Gasteiger partial charge in [-0.15, -0.1) is 5.10 Å². The van der Waals surface area contributed by atoms with E-state index in [0.717, 1.165) is 35.2 Å². The molecule has 2 aromatic heterocycles. The summed E-state index contributed by atoms with van der Waals surface area (Å²) in [6, 6.07) is 0. The van der Waals surface area contributed by atoms with Crippen molar-refractivity contribution in [3.8, 4) is 0 Å². The fourth-order valence-corrected chi connectivity index (χ4v) is 2.81. The van der Waals surface area contributed by atoms with Crippen LogP contribution in [0.2, 0.25) is 0 Å². The second-order valence-electron chi connectivity index (χ2n) is 4.83. The first-order valence-electron chi connectivity index (χ1n) is 6.77. The van der Waals surface area contributed by atoms with E-state index in [1.807, 2.05) is 6.92 Å². The zero-order valence-corrected chi connectivity index (χ0v) is 13.1. The SMILES string of the molecule is CCCNc1ncnc(Sc2n[nH]c(C)n2)c1C(C)C. The van der Waals surface area contributed by atoms with Crippen molar-refractivity contribution in [1.82, 2.24) is 25.1 Å². The molecule has 0 radical (unpaired) electrons. The number of aromatic amines is 1. The molecular weight excluding hydrogens is 272 g/mol. The van der Waals surface area contributed by atoms with Crippen molar-refractivity contribution in [1.29, 1.82) is 0 Å². The molecule has 0 saturated heterocycles. The monoisotopic (exact) mass is 292 g/mol. The first kappa shape index (κ1) is 14.8. The molecule has 2 heterocycles. The predicted molar refractivity (Wildman–Crippen MR) is 80.1 cm³/mol. The molecule has 0 saturated carbocycles. The molecule has 6 nitrogen and oxygen atoms in total. The van der Waals surface area contributed by atoms with Crippen molar-refractivity contribution in [2.45, 2.75) is 50.2 Å². The van der Waals surface area contributed by atoms with E-state index in [9.17, 15) is 0 Å². The van der Waals surface area contributed by atoms with E-state index in [2.05, 4.69) is 51.2 Å². The lowest BCUT2D eigenvalue weighted by Gasteiger charge is -2.15. The van der Waals surface area contributed by atoms with Crippen molar-refractivity contribution in [2.75, 3.05) is 11.9 Å². The maximum absolute atomic E-state index is 4.39. The molecule has 2 N–H and O–H groups in total. The van der Waals surface area contributed by atoms with Gasteiger partial charge in [0, 0.05) is 12.1 Å². The minimum atomic E-state index is 0.332. The highest BCUT2D eigenvalue weighted by Crippen LogP contribution is 2.33. The summed E-state index contributed by atoms with van der Waals surface area (Å²) in [4.78, 5) is 13.1. The van der Waals surface area contributed by atoms with Gasteiger partial charge in [0.2, 0.25) is 5.16 Å². The van der Waals surface area contributed by atoms with E-state index < -0.39 is 0 Å². The van der Waals surface area contributed by atoms with Crippen molar-refractivity contribution >= 4 is 17.6 Å². The third kappa shape index (κ3) is 3.47. The molecule has 0 fully saturated rings. The summed E-state index contributed by atoms with van der Waals surface area (Å²) in [5.41, 5.74) is 1.12. The van der Waals surface area contributed by atoms with Gasteiger partial charge >= 0.3 is 0 Å². The van der Waals surface area contributed by atoms with Crippen LogP contribution in [0.4, 0.5) is 5.82 Å². The van der Waals surface area contributed by atoms with Gasteiger partial charge in [-0.25, -0.2) is 15.0 Å². The Bertz CT molecular complexity index is 566. The maximum atomic E-state index is 4.39. The van der Waals surface area contributed by atoms with Crippen LogP contribution in [-0.4, -0.2) is 31.7 Å². The number of nitrogens with zero attached hydrogens (tertiary/aromatic N) is 4. The highest BCUT2D eigenvalue weighted by atomic mass is 32.2. The van der Waals surface area contributed by atoms with Crippen LogP contribution in [0.25, 0.3) is 0 Å². The summed E-state index contributed by atoms with van der Waals surface area (Å²) in [5, 5.41) is 12.0. The summed E-state index contributed by atoms with van der Waals surface area (Å²) in [5.74, 6) is 2.04. The van der Waals surface area contributed by atoms with Crippen LogP contribution in [-0.2, 0) is 0 Å². The van der Waals surface area contributed by atoms with Crippen LogP contribution in [0.15, 0.2) is 16.5 Å². The van der Waals surface area contributed by atoms with Crippen LogP contribution in [0, 0.1) is 6.92 Å². The van der Waals surface area contributed by atoms with Crippen molar-refractivity contribution in [3.63, 3.8) is 0 Å². The number of nitrogens with one attached hydrogen (secondary N) is 2.